The lowest BCUT2D eigenvalue weighted by molar-refractivity contribution is -0.0290. The number of hydrogen-bond donors (Lipinski definition) is 1. The molecule has 0 saturated carbocycles. The molecule has 1 aliphatic heterocycles. The molecule has 78 valence electrons. The number of nitrogens with zero attached hydrogens (tertiary/aromatic N) is 3. The van der Waals surface area contributed by atoms with E-state index in [1.54, 1.807) is 6.20 Å². The van der Waals surface area contributed by atoms with E-state index in [1.807, 2.05) is 10.9 Å². The SMILES string of the molecule is CN1CCOC(Cn2cc(N)cn2)C1. The van der Waals surface area contributed by atoms with Gasteiger partial charge in [-0.05, 0) is 7.05 Å². The summed E-state index contributed by atoms with van der Waals surface area (Å²) in [6, 6.07) is 0. The van der Waals surface area contributed by atoms with Crippen LogP contribution < -0.4 is 5.73 Å². The first-order chi connectivity index (χ1) is 6.74. The number of anilines is 1. The van der Waals surface area contributed by atoms with E-state index in [2.05, 4.69) is 17.0 Å². The first-order valence-electron chi connectivity index (χ1n) is 4.82. The summed E-state index contributed by atoms with van der Waals surface area (Å²) in [5.41, 5.74) is 6.28. The third-order valence-corrected chi connectivity index (χ3v) is 2.39. The van der Waals surface area contributed by atoms with Crippen molar-refractivity contribution in [3.63, 3.8) is 0 Å². The predicted molar refractivity (Wildman–Crippen MR) is 53.9 cm³/mol. The second-order valence-corrected chi connectivity index (χ2v) is 3.75. The Labute approximate surface area is 83.4 Å². The van der Waals surface area contributed by atoms with Gasteiger partial charge in [0.2, 0.25) is 0 Å². The van der Waals surface area contributed by atoms with E-state index >= 15 is 0 Å². The number of ether oxygens (including phenoxy) is 1. The fraction of sp³-hybridized carbons (Fsp3) is 0.667. The topological polar surface area (TPSA) is 56.3 Å². The molecular weight excluding hydrogens is 180 g/mol. The molecule has 1 fully saturated rings. The van der Waals surface area contributed by atoms with Crippen molar-refractivity contribution in [2.24, 2.45) is 0 Å². The van der Waals surface area contributed by atoms with Gasteiger partial charge in [-0.2, -0.15) is 5.10 Å². The maximum Gasteiger partial charge on any atom is 0.0897 e. The van der Waals surface area contributed by atoms with Crippen LogP contribution in [0.5, 0.6) is 0 Å². The molecule has 2 N–H and O–H groups in total. The lowest BCUT2D eigenvalue weighted by Crippen LogP contribution is -2.42. The van der Waals surface area contributed by atoms with Crippen molar-refractivity contribution >= 4 is 5.69 Å². The summed E-state index contributed by atoms with van der Waals surface area (Å²) < 4.78 is 7.45. The third-order valence-electron chi connectivity index (χ3n) is 2.39. The summed E-state index contributed by atoms with van der Waals surface area (Å²) in [5, 5.41) is 4.13. The van der Waals surface area contributed by atoms with Gasteiger partial charge in [-0.3, -0.25) is 4.68 Å². The van der Waals surface area contributed by atoms with E-state index in [9.17, 15) is 0 Å². The molecule has 1 unspecified atom stereocenters. The van der Waals surface area contributed by atoms with Crippen LogP contribution in [0.25, 0.3) is 0 Å². The summed E-state index contributed by atoms with van der Waals surface area (Å²) in [6.45, 7) is 3.55. The number of likely N-dealkylation sites (N-methyl/N-ethyl adjacent to an activating group) is 1. The van der Waals surface area contributed by atoms with Gasteiger partial charge in [0.15, 0.2) is 0 Å². The van der Waals surface area contributed by atoms with Crippen molar-refractivity contribution < 1.29 is 4.74 Å². The van der Waals surface area contributed by atoms with E-state index in [4.69, 9.17) is 10.5 Å². The molecule has 2 rings (SSSR count). The Morgan fingerprint density at radius 1 is 1.71 bits per heavy atom. The highest BCUT2D eigenvalue weighted by molar-refractivity contribution is 5.30. The van der Waals surface area contributed by atoms with Crippen molar-refractivity contribution in [1.29, 1.82) is 0 Å². The standard InChI is InChI=1S/C9H16N4O/c1-12-2-3-14-9(6-12)7-13-5-8(10)4-11-13/h4-5,9H,2-3,6-7,10H2,1H3. The van der Waals surface area contributed by atoms with Crippen LogP contribution in [0.2, 0.25) is 0 Å². The second-order valence-electron chi connectivity index (χ2n) is 3.75. The molecule has 0 bridgehead atoms. The molecule has 0 radical (unpaired) electrons. The van der Waals surface area contributed by atoms with Crippen molar-refractivity contribution in [2.75, 3.05) is 32.5 Å². The minimum absolute atomic E-state index is 0.230. The maximum absolute atomic E-state index is 5.62. The Balaban J connectivity index is 1.90. The maximum atomic E-state index is 5.62. The van der Waals surface area contributed by atoms with Crippen LogP contribution in [0.1, 0.15) is 0 Å². The minimum Gasteiger partial charge on any atom is -0.396 e. The molecule has 14 heavy (non-hydrogen) atoms. The smallest absolute Gasteiger partial charge is 0.0897 e. The number of nitrogens with two attached hydrogens (primary N) is 1. The van der Waals surface area contributed by atoms with Gasteiger partial charge >= 0.3 is 0 Å². The molecule has 1 atom stereocenters. The summed E-state index contributed by atoms with van der Waals surface area (Å²) in [4.78, 5) is 2.26. The van der Waals surface area contributed by atoms with Crippen molar-refractivity contribution in [2.45, 2.75) is 12.6 Å². The van der Waals surface area contributed by atoms with Crippen LogP contribution in [0, 0.1) is 0 Å². The van der Waals surface area contributed by atoms with Crippen molar-refractivity contribution in [3.05, 3.63) is 12.4 Å². The number of nitrogen functional groups attached to an aromatic ring is 1. The van der Waals surface area contributed by atoms with Gasteiger partial charge in [0, 0.05) is 19.3 Å². The van der Waals surface area contributed by atoms with Crippen LogP contribution in [0.4, 0.5) is 5.69 Å². The first-order valence-corrected chi connectivity index (χ1v) is 4.82. The van der Waals surface area contributed by atoms with E-state index in [-0.39, 0.29) is 6.10 Å². The molecular formula is C9H16N4O. The molecule has 0 spiro atoms. The van der Waals surface area contributed by atoms with Gasteiger partial charge in [0.1, 0.15) is 0 Å². The van der Waals surface area contributed by atoms with Gasteiger partial charge in [0.05, 0.1) is 31.1 Å². The van der Waals surface area contributed by atoms with Crippen LogP contribution >= 0.6 is 0 Å². The van der Waals surface area contributed by atoms with Gasteiger partial charge in [-0.15, -0.1) is 0 Å². The lowest BCUT2D eigenvalue weighted by atomic mass is 10.3. The van der Waals surface area contributed by atoms with Crippen LogP contribution in [-0.4, -0.2) is 47.5 Å². The Bertz CT molecular complexity index is 299. The van der Waals surface area contributed by atoms with Crippen molar-refractivity contribution in [3.8, 4) is 0 Å². The van der Waals surface area contributed by atoms with E-state index in [1.165, 1.54) is 0 Å². The molecule has 1 aromatic rings. The number of rotatable bonds is 2. The van der Waals surface area contributed by atoms with Crippen LogP contribution in [-0.2, 0) is 11.3 Å². The molecule has 5 nitrogen and oxygen atoms in total. The summed E-state index contributed by atoms with van der Waals surface area (Å²) in [5.74, 6) is 0. The van der Waals surface area contributed by atoms with E-state index in [0.717, 1.165) is 26.2 Å². The Morgan fingerprint density at radius 2 is 2.57 bits per heavy atom. The van der Waals surface area contributed by atoms with Gasteiger partial charge in [0.25, 0.3) is 0 Å². The highest BCUT2D eigenvalue weighted by Gasteiger charge is 2.18. The molecule has 5 heteroatoms. The summed E-state index contributed by atoms with van der Waals surface area (Å²) in [7, 11) is 2.10. The van der Waals surface area contributed by atoms with Crippen LogP contribution in [0.15, 0.2) is 12.4 Å². The Hall–Kier alpha value is -1.07. The van der Waals surface area contributed by atoms with Crippen molar-refractivity contribution in [1.82, 2.24) is 14.7 Å². The highest BCUT2D eigenvalue weighted by atomic mass is 16.5. The molecule has 1 aromatic heterocycles. The van der Waals surface area contributed by atoms with E-state index < -0.39 is 0 Å². The minimum atomic E-state index is 0.230. The molecule has 0 aromatic carbocycles. The quantitative estimate of drug-likeness (QED) is 0.711. The van der Waals surface area contributed by atoms with Gasteiger partial charge < -0.3 is 15.4 Å². The molecule has 0 amide bonds. The molecule has 0 aliphatic carbocycles. The average Bonchev–Trinajstić information content (AvgIpc) is 2.51. The lowest BCUT2D eigenvalue weighted by Gasteiger charge is -2.29. The Kier molecular flexibility index (Phi) is 2.69. The zero-order valence-electron chi connectivity index (χ0n) is 8.39. The second kappa shape index (κ2) is 3.98. The molecule has 2 heterocycles. The monoisotopic (exact) mass is 196 g/mol. The summed E-state index contributed by atoms with van der Waals surface area (Å²) in [6.07, 6.45) is 3.72. The molecule has 1 saturated heterocycles. The highest BCUT2D eigenvalue weighted by Crippen LogP contribution is 2.06. The predicted octanol–water partition coefficient (Wildman–Crippen LogP) is -0.204. The number of hydrogen-bond acceptors (Lipinski definition) is 4. The van der Waals surface area contributed by atoms with E-state index in [0.29, 0.717) is 5.69 Å². The number of morpholine rings is 1. The average molecular weight is 196 g/mol. The van der Waals surface area contributed by atoms with Crippen LogP contribution in [0.3, 0.4) is 0 Å². The normalized spacial score (nSPS) is 23.9. The zero-order valence-corrected chi connectivity index (χ0v) is 8.39. The third kappa shape index (κ3) is 2.24. The number of aromatic nitrogens is 2. The van der Waals surface area contributed by atoms with Gasteiger partial charge in [-0.25, -0.2) is 0 Å². The van der Waals surface area contributed by atoms with Gasteiger partial charge in [-0.1, -0.05) is 0 Å². The summed E-state index contributed by atoms with van der Waals surface area (Å²) >= 11 is 0. The largest absolute Gasteiger partial charge is 0.396 e. The molecule has 1 aliphatic rings. The fourth-order valence-electron chi connectivity index (χ4n) is 1.67. The first kappa shape index (κ1) is 9.48. The zero-order chi connectivity index (χ0) is 9.97. The fourth-order valence-corrected chi connectivity index (χ4v) is 1.67. The Morgan fingerprint density at radius 3 is 3.21 bits per heavy atom.